The minimum Gasteiger partial charge on any atom is -0.348 e. The van der Waals surface area contributed by atoms with Crippen LogP contribution < -0.4 is 5.32 Å². The molecule has 1 atom stereocenters. The highest BCUT2D eigenvalue weighted by Crippen LogP contribution is 2.18. The Morgan fingerprint density at radius 3 is 2.44 bits per heavy atom. The van der Waals surface area contributed by atoms with E-state index in [4.69, 9.17) is 0 Å². The van der Waals surface area contributed by atoms with Crippen molar-refractivity contribution in [3.05, 3.63) is 64.6 Å². The van der Waals surface area contributed by atoms with E-state index in [2.05, 4.69) is 21.2 Å². The average molecular weight is 425 g/mol. The Balaban J connectivity index is 2.07. The second kappa shape index (κ2) is 8.60. The second-order valence-corrected chi connectivity index (χ2v) is 8.44. The Morgan fingerprint density at radius 2 is 1.84 bits per heavy atom. The third-order valence-electron chi connectivity index (χ3n) is 3.78. The van der Waals surface area contributed by atoms with Crippen molar-refractivity contribution in [2.24, 2.45) is 0 Å². The lowest BCUT2D eigenvalue weighted by molar-refractivity contribution is -0.121. The van der Waals surface area contributed by atoms with E-state index in [1.807, 2.05) is 31.2 Å². The van der Waals surface area contributed by atoms with Gasteiger partial charge in [0.1, 0.15) is 0 Å². The van der Waals surface area contributed by atoms with Gasteiger partial charge in [-0.3, -0.25) is 4.79 Å². The highest BCUT2D eigenvalue weighted by Gasteiger charge is 2.25. The van der Waals surface area contributed by atoms with Crippen LogP contribution in [0, 0.1) is 0 Å². The lowest BCUT2D eigenvalue weighted by Crippen LogP contribution is -2.41. The second-order valence-electron chi connectivity index (χ2n) is 5.59. The summed E-state index contributed by atoms with van der Waals surface area (Å²) in [5.74, 6) is -0.339. The van der Waals surface area contributed by atoms with E-state index in [1.165, 1.54) is 16.4 Å². The average Bonchev–Trinajstić information content (AvgIpc) is 2.60. The van der Waals surface area contributed by atoms with Crippen LogP contribution in [0.3, 0.4) is 0 Å². The zero-order valence-electron chi connectivity index (χ0n) is 14.1. The molecule has 0 aromatic heterocycles. The summed E-state index contributed by atoms with van der Waals surface area (Å²) in [6.45, 7) is 3.58. The van der Waals surface area contributed by atoms with Crippen LogP contribution in [-0.2, 0) is 14.8 Å². The van der Waals surface area contributed by atoms with Crippen LogP contribution >= 0.6 is 15.9 Å². The van der Waals surface area contributed by atoms with E-state index in [0.717, 1.165) is 10.0 Å². The molecule has 7 heteroatoms. The molecular weight excluding hydrogens is 404 g/mol. The molecule has 5 nitrogen and oxygen atoms in total. The number of benzene rings is 2. The van der Waals surface area contributed by atoms with E-state index in [1.54, 1.807) is 25.1 Å². The lowest BCUT2D eigenvalue weighted by Gasteiger charge is -2.22. The number of likely N-dealkylation sites (N-methyl/N-ethyl adjacent to an activating group) is 1. The van der Waals surface area contributed by atoms with Gasteiger partial charge in [-0.15, -0.1) is 0 Å². The SMILES string of the molecule is CCN(CC(=O)N[C@H](C)c1cccc(Br)c1)S(=O)(=O)c1ccccc1. The van der Waals surface area contributed by atoms with Crippen molar-refractivity contribution < 1.29 is 13.2 Å². The van der Waals surface area contributed by atoms with Crippen molar-refractivity contribution in [3.63, 3.8) is 0 Å². The summed E-state index contributed by atoms with van der Waals surface area (Å²) >= 11 is 3.40. The quantitative estimate of drug-likeness (QED) is 0.740. The molecule has 1 amide bonds. The van der Waals surface area contributed by atoms with Crippen molar-refractivity contribution in [3.8, 4) is 0 Å². The molecule has 2 aromatic carbocycles. The summed E-state index contributed by atoms with van der Waals surface area (Å²) in [7, 11) is -3.69. The summed E-state index contributed by atoms with van der Waals surface area (Å²) in [5.41, 5.74) is 0.941. The van der Waals surface area contributed by atoms with Gasteiger partial charge >= 0.3 is 0 Å². The summed E-state index contributed by atoms with van der Waals surface area (Å²) < 4.78 is 27.4. The molecule has 0 saturated heterocycles. The maximum absolute atomic E-state index is 12.6. The van der Waals surface area contributed by atoms with Crippen molar-refractivity contribution in [2.45, 2.75) is 24.8 Å². The molecular formula is C18H21BrN2O3S. The van der Waals surface area contributed by atoms with Crippen LogP contribution in [0.25, 0.3) is 0 Å². The number of hydrogen-bond acceptors (Lipinski definition) is 3. The number of nitrogens with zero attached hydrogens (tertiary/aromatic N) is 1. The van der Waals surface area contributed by atoms with Gasteiger partial charge in [-0.05, 0) is 36.8 Å². The number of hydrogen-bond donors (Lipinski definition) is 1. The number of rotatable bonds is 7. The molecule has 0 fully saturated rings. The van der Waals surface area contributed by atoms with Crippen LogP contribution in [0.1, 0.15) is 25.5 Å². The number of nitrogens with one attached hydrogen (secondary N) is 1. The van der Waals surface area contributed by atoms with Gasteiger partial charge < -0.3 is 5.32 Å². The number of sulfonamides is 1. The molecule has 2 rings (SSSR count). The summed E-state index contributed by atoms with van der Waals surface area (Å²) in [6, 6.07) is 15.5. The van der Waals surface area contributed by atoms with Gasteiger partial charge in [0.25, 0.3) is 0 Å². The van der Waals surface area contributed by atoms with Crippen molar-refractivity contribution in [1.29, 1.82) is 0 Å². The van der Waals surface area contributed by atoms with Gasteiger partial charge in [-0.2, -0.15) is 4.31 Å². The Labute approximate surface area is 157 Å². The van der Waals surface area contributed by atoms with Gasteiger partial charge in [-0.1, -0.05) is 53.2 Å². The minimum absolute atomic E-state index is 0.185. The van der Waals surface area contributed by atoms with Crippen LogP contribution in [0.15, 0.2) is 64.0 Å². The van der Waals surface area contributed by atoms with Crippen LogP contribution in [0.5, 0.6) is 0 Å². The van der Waals surface area contributed by atoms with Crippen molar-refractivity contribution in [2.75, 3.05) is 13.1 Å². The first-order valence-corrected chi connectivity index (χ1v) is 10.2. The van der Waals surface area contributed by atoms with Gasteiger partial charge in [-0.25, -0.2) is 8.42 Å². The molecule has 0 heterocycles. The molecule has 134 valence electrons. The van der Waals surface area contributed by atoms with E-state index in [0.29, 0.717) is 0 Å². The number of carbonyl (C=O) groups is 1. The van der Waals surface area contributed by atoms with Crippen LogP contribution in [-0.4, -0.2) is 31.7 Å². The van der Waals surface area contributed by atoms with Crippen molar-refractivity contribution >= 4 is 31.9 Å². The zero-order chi connectivity index (χ0) is 18.4. The van der Waals surface area contributed by atoms with E-state index in [-0.39, 0.29) is 29.9 Å². The Hall–Kier alpha value is -1.70. The predicted octanol–water partition coefficient (Wildman–Crippen LogP) is 3.34. The third kappa shape index (κ3) is 5.14. The van der Waals surface area contributed by atoms with Crippen LogP contribution in [0.4, 0.5) is 0 Å². The maximum Gasteiger partial charge on any atom is 0.243 e. The molecule has 0 spiro atoms. The lowest BCUT2D eigenvalue weighted by atomic mass is 10.1. The van der Waals surface area contributed by atoms with E-state index in [9.17, 15) is 13.2 Å². The predicted molar refractivity (Wildman–Crippen MR) is 102 cm³/mol. The molecule has 1 N–H and O–H groups in total. The normalized spacial score (nSPS) is 12.8. The third-order valence-corrected chi connectivity index (χ3v) is 6.21. The van der Waals surface area contributed by atoms with E-state index < -0.39 is 10.0 Å². The molecule has 0 aliphatic carbocycles. The number of amides is 1. The van der Waals surface area contributed by atoms with Crippen LogP contribution in [0.2, 0.25) is 0 Å². The van der Waals surface area contributed by atoms with Gasteiger partial charge in [0.2, 0.25) is 15.9 Å². The Kier molecular flexibility index (Phi) is 6.75. The smallest absolute Gasteiger partial charge is 0.243 e. The standard InChI is InChI=1S/C18H21BrN2O3S/c1-3-21(25(23,24)17-10-5-4-6-11-17)13-18(22)20-14(2)15-8-7-9-16(19)12-15/h4-12,14H,3,13H2,1-2H3,(H,20,22)/t14-/m1/s1. The number of halogens is 1. The molecule has 0 aliphatic heterocycles. The molecule has 0 aliphatic rings. The first-order chi connectivity index (χ1) is 11.8. The minimum atomic E-state index is -3.69. The first kappa shape index (κ1) is 19.6. The zero-order valence-corrected chi connectivity index (χ0v) is 16.5. The molecule has 25 heavy (non-hydrogen) atoms. The fourth-order valence-electron chi connectivity index (χ4n) is 2.41. The summed E-state index contributed by atoms with van der Waals surface area (Å²) in [5, 5.41) is 2.85. The summed E-state index contributed by atoms with van der Waals surface area (Å²) in [4.78, 5) is 12.5. The largest absolute Gasteiger partial charge is 0.348 e. The van der Waals surface area contributed by atoms with Gasteiger partial charge in [0.15, 0.2) is 0 Å². The van der Waals surface area contributed by atoms with Crippen molar-refractivity contribution in [1.82, 2.24) is 9.62 Å². The fraction of sp³-hybridized carbons (Fsp3) is 0.278. The Morgan fingerprint density at radius 1 is 1.16 bits per heavy atom. The molecule has 0 bridgehead atoms. The van der Waals surface area contributed by atoms with E-state index >= 15 is 0 Å². The first-order valence-electron chi connectivity index (χ1n) is 7.94. The monoisotopic (exact) mass is 424 g/mol. The topological polar surface area (TPSA) is 66.5 Å². The Bertz CT molecular complexity index is 825. The molecule has 0 radical (unpaired) electrons. The van der Waals surface area contributed by atoms with Gasteiger partial charge in [0, 0.05) is 11.0 Å². The maximum atomic E-state index is 12.6. The molecule has 0 saturated carbocycles. The molecule has 0 unspecified atom stereocenters. The molecule has 2 aromatic rings. The highest BCUT2D eigenvalue weighted by atomic mass is 79.9. The number of carbonyl (C=O) groups excluding carboxylic acids is 1. The fourth-order valence-corrected chi connectivity index (χ4v) is 4.26. The highest BCUT2D eigenvalue weighted by molar-refractivity contribution is 9.10. The van der Waals surface area contributed by atoms with Gasteiger partial charge in [0.05, 0.1) is 17.5 Å². The summed E-state index contributed by atoms with van der Waals surface area (Å²) in [6.07, 6.45) is 0.